The molecule has 0 saturated heterocycles. The van der Waals surface area contributed by atoms with E-state index in [2.05, 4.69) is 35.9 Å². The van der Waals surface area contributed by atoms with Crippen molar-refractivity contribution in [1.29, 1.82) is 0 Å². The molecule has 0 radical (unpaired) electrons. The van der Waals surface area contributed by atoms with E-state index < -0.39 is 0 Å². The zero-order chi connectivity index (χ0) is 10.9. The van der Waals surface area contributed by atoms with Crippen molar-refractivity contribution in [3.05, 3.63) is 21.9 Å². The standard InChI is InChI=1S/C12H22N2S/c1-3-6-13-7-8-14-10-12-11(4-2)5-9-15-12/h5,9,13-14H,3-4,6-8,10H2,1-2H3. The van der Waals surface area contributed by atoms with E-state index in [1.54, 1.807) is 0 Å². The van der Waals surface area contributed by atoms with Crippen molar-refractivity contribution in [2.45, 2.75) is 33.2 Å². The Labute approximate surface area is 97.1 Å². The van der Waals surface area contributed by atoms with Gasteiger partial charge in [-0.1, -0.05) is 13.8 Å². The van der Waals surface area contributed by atoms with E-state index in [0.717, 1.165) is 32.6 Å². The van der Waals surface area contributed by atoms with E-state index in [1.165, 1.54) is 16.9 Å². The Morgan fingerprint density at radius 3 is 2.67 bits per heavy atom. The summed E-state index contributed by atoms with van der Waals surface area (Å²) in [5, 5.41) is 9.04. The lowest BCUT2D eigenvalue weighted by Crippen LogP contribution is -2.27. The summed E-state index contributed by atoms with van der Waals surface area (Å²) in [7, 11) is 0. The molecule has 0 atom stereocenters. The van der Waals surface area contributed by atoms with Crippen LogP contribution in [0.3, 0.4) is 0 Å². The van der Waals surface area contributed by atoms with Crippen LogP contribution >= 0.6 is 11.3 Å². The van der Waals surface area contributed by atoms with Gasteiger partial charge in [-0.3, -0.25) is 0 Å². The van der Waals surface area contributed by atoms with Crippen molar-refractivity contribution in [1.82, 2.24) is 10.6 Å². The third-order valence-corrected chi connectivity index (χ3v) is 3.37. The van der Waals surface area contributed by atoms with Crippen LogP contribution < -0.4 is 10.6 Å². The van der Waals surface area contributed by atoms with Crippen LogP contribution in [0, 0.1) is 0 Å². The first-order chi connectivity index (χ1) is 7.38. The summed E-state index contributed by atoms with van der Waals surface area (Å²) in [4.78, 5) is 1.49. The van der Waals surface area contributed by atoms with Crippen molar-refractivity contribution < 1.29 is 0 Å². The van der Waals surface area contributed by atoms with Gasteiger partial charge in [0, 0.05) is 24.5 Å². The molecule has 0 amide bonds. The minimum Gasteiger partial charge on any atom is -0.315 e. The maximum atomic E-state index is 3.47. The first kappa shape index (κ1) is 12.7. The normalized spacial score (nSPS) is 10.8. The second-order valence-corrected chi connectivity index (χ2v) is 4.65. The number of thiophene rings is 1. The van der Waals surface area contributed by atoms with Gasteiger partial charge in [-0.05, 0) is 36.4 Å². The van der Waals surface area contributed by atoms with Gasteiger partial charge >= 0.3 is 0 Å². The number of aryl methyl sites for hydroxylation is 1. The minimum atomic E-state index is 1.02. The minimum absolute atomic E-state index is 1.02. The quantitative estimate of drug-likeness (QED) is 0.665. The third-order valence-electron chi connectivity index (χ3n) is 2.41. The van der Waals surface area contributed by atoms with Crippen LogP contribution in [-0.4, -0.2) is 19.6 Å². The third kappa shape index (κ3) is 4.78. The SMILES string of the molecule is CCCNCCNCc1sccc1CC. The number of nitrogens with one attached hydrogen (secondary N) is 2. The Bertz CT molecular complexity index is 258. The highest BCUT2D eigenvalue weighted by Crippen LogP contribution is 2.16. The van der Waals surface area contributed by atoms with E-state index in [1.807, 2.05) is 11.3 Å². The number of hydrogen-bond donors (Lipinski definition) is 2. The lowest BCUT2D eigenvalue weighted by molar-refractivity contribution is 0.608. The second-order valence-electron chi connectivity index (χ2n) is 3.65. The van der Waals surface area contributed by atoms with E-state index >= 15 is 0 Å². The fourth-order valence-corrected chi connectivity index (χ4v) is 2.46. The fourth-order valence-electron chi connectivity index (χ4n) is 1.52. The van der Waals surface area contributed by atoms with Crippen LogP contribution in [0.15, 0.2) is 11.4 Å². The van der Waals surface area contributed by atoms with Gasteiger partial charge in [0.2, 0.25) is 0 Å². The highest BCUT2D eigenvalue weighted by molar-refractivity contribution is 7.10. The number of rotatable bonds is 8. The highest BCUT2D eigenvalue weighted by Gasteiger charge is 2.00. The van der Waals surface area contributed by atoms with E-state index in [9.17, 15) is 0 Å². The largest absolute Gasteiger partial charge is 0.315 e. The Morgan fingerprint density at radius 1 is 1.13 bits per heavy atom. The smallest absolute Gasteiger partial charge is 0.0303 e. The molecule has 86 valence electrons. The summed E-state index contributed by atoms with van der Waals surface area (Å²) in [6.07, 6.45) is 2.36. The maximum absolute atomic E-state index is 3.47. The van der Waals surface area contributed by atoms with Crippen LogP contribution in [-0.2, 0) is 13.0 Å². The molecule has 2 N–H and O–H groups in total. The molecular formula is C12H22N2S. The second kappa shape index (κ2) is 7.85. The predicted octanol–water partition coefficient (Wildman–Crippen LogP) is 2.40. The molecule has 0 aliphatic heterocycles. The first-order valence-electron chi connectivity index (χ1n) is 5.85. The first-order valence-corrected chi connectivity index (χ1v) is 6.73. The molecule has 0 saturated carbocycles. The zero-order valence-corrected chi connectivity index (χ0v) is 10.6. The van der Waals surface area contributed by atoms with Gasteiger partial charge in [-0.2, -0.15) is 0 Å². The molecule has 15 heavy (non-hydrogen) atoms. The molecule has 0 aliphatic rings. The van der Waals surface area contributed by atoms with Gasteiger partial charge in [0.1, 0.15) is 0 Å². The van der Waals surface area contributed by atoms with Crippen LogP contribution in [0.25, 0.3) is 0 Å². The van der Waals surface area contributed by atoms with Crippen molar-refractivity contribution >= 4 is 11.3 Å². The summed E-state index contributed by atoms with van der Waals surface area (Å²) in [5.41, 5.74) is 1.49. The van der Waals surface area contributed by atoms with Gasteiger partial charge < -0.3 is 10.6 Å². The Morgan fingerprint density at radius 2 is 1.93 bits per heavy atom. The van der Waals surface area contributed by atoms with Gasteiger partial charge in [-0.15, -0.1) is 11.3 Å². The summed E-state index contributed by atoms with van der Waals surface area (Å²) >= 11 is 1.86. The van der Waals surface area contributed by atoms with Crippen LogP contribution in [0.5, 0.6) is 0 Å². The molecule has 1 aromatic heterocycles. The zero-order valence-electron chi connectivity index (χ0n) is 9.81. The number of hydrogen-bond acceptors (Lipinski definition) is 3. The van der Waals surface area contributed by atoms with Crippen molar-refractivity contribution in [2.75, 3.05) is 19.6 Å². The van der Waals surface area contributed by atoms with Crippen molar-refractivity contribution in [3.8, 4) is 0 Å². The Balaban J connectivity index is 2.09. The molecule has 1 aromatic rings. The van der Waals surface area contributed by atoms with E-state index in [-0.39, 0.29) is 0 Å². The van der Waals surface area contributed by atoms with Crippen LogP contribution in [0.1, 0.15) is 30.7 Å². The molecule has 2 nitrogen and oxygen atoms in total. The molecular weight excluding hydrogens is 204 g/mol. The fraction of sp³-hybridized carbons (Fsp3) is 0.667. The molecule has 3 heteroatoms. The molecule has 0 bridgehead atoms. The highest BCUT2D eigenvalue weighted by atomic mass is 32.1. The van der Waals surface area contributed by atoms with Gasteiger partial charge in [0.25, 0.3) is 0 Å². The van der Waals surface area contributed by atoms with Crippen molar-refractivity contribution in [3.63, 3.8) is 0 Å². The lowest BCUT2D eigenvalue weighted by Gasteiger charge is -2.05. The molecule has 1 rings (SSSR count). The van der Waals surface area contributed by atoms with E-state index in [4.69, 9.17) is 0 Å². The van der Waals surface area contributed by atoms with Gasteiger partial charge in [-0.25, -0.2) is 0 Å². The van der Waals surface area contributed by atoms with Gasteiger partial charge in [0.15, 0.2) is 0 Å². The summed E-state index contributed by atoms with van der Waals surface area (Å²) < 4.78 is 0. The van der Waals surface area contributed by atoms with Gasteiger partial charge in [0.05, 0.1) is 0 Å². The molecule has 0 fully saturated rings. The maximum Gasteiger partial charge on any atom is 0.0303 e. The summed E-state index contributed by atoms with van der Waals surface area (Å²) in [6.45, 7) is 8.69. The summed E-state index contributed by atoms with van der Waals surface area (Å²) in [6, 6.07) is 2.23. The summed E-state index contributed by atoms with van der Waals surface area (Å²) in [5.74, 6) is 0. The van der Waals surface area contributed by atoms with Crippen LogP contribution in [0.2, 0.25) is 0 Å². The predicted molar refractivity (Wildman–Crippen MR) is 68.6 cm³/mol. The van der Waals surface area contributed by atoms with Crippen LogP contribution in [0.4, 0.5) is 0 Å². The van der Waals surface area contributed by atoms with E-state index in [0.29, 0.717) is 0 Å². The molecule has 0 aromatic carbocycles. The average molecular weight is 226 g/mol. The monoisotopic (exact) mass is 226 g/mol. The topological polar surface area (TPSA) is 24.1 Å². The average Bonchev–Trinajstić information content (AvgIpc) is 2.70. The lowest BCUT2D eigenvalue weighted by atomic mass is 10.2. The molecule has 0 spiro atoms. The molecule has 0 aliphatic carbocycles. The Kier molecular flexibility index (Phi) is 6.64. The molecule has 0 unspecified atom stereocenters. The van der Waals surface area contributed by atoms with Crippen molar-refractivity contribution in [2.24, 2.45) is 0 Å². The Hall–Kier alpha value is -0.380. The molecule has 1 heterocycles.